The molecule has 0 saturated carbocycles. The predicted octanol–water partition coefficient (Wildman–Crippen LogP) is 2.03. The zero-order valence-electron chi connectivity index (χ0n) is 11.1. The fourth-order valence-corrected chi connectivity index (χ4v) is 3.77. The molecule has 0 fully saturated rings. The number of nitrogens with zero attached hydrogens (tertiary/aromatic N) is 1. The molecular weight excluding hydrogens is 314 g/mol. The maximum absolute atomic E-state index is 12.2. The lowest BCUT2D eigenvalue weighted by molar-refractivity contribution is -0.385. The molecule has 0 amide bonds. The number of nitrogens with one attached hydrogen (secondary N) is 1. The van der Waals surface area contributed by atoms with Gasteiger partial charge in [-0.2, -0.15) is 0 Å². The molecule has 0 spiro atoms. The number of aryl methyl sites for hydroxylation is 1. The first-order chi connectivity index (χ1) is 9.79. The summed E-state index contributed by atoms with van der Waals surface area (Å²) in [4.78, 5) is 11.7. The lowest BCUT2D eigenvalue weighted by Gasteiger charge is -2.08. The second-order valence-electron chi connectivity index (χ2n) is 4.32. The molecule has 0 atom stereocenters. The quantitative estimate of drug-likeness (QED) is 0.495. The van der Waals surface area contributed by atoms with Crippen LogP contribution in [0.2, 0.25) is 0 Å². The van der Waals surface area contributed by atoms with Crippen molar-refractivity contribution in [1.29, 1.82) is 0 Å². The first-order valence-corrected chi connectivity index (χ1v) is 8.18. The minimum absolute atomic E-state index is 0.0320. The van der Waals surface area contributed by atoms with Gasteiger partial charge in [0, 0.05) is 28.4 Å². The fraction of sp³-hybridized carbons (Fsp3) is 0.167. The minimum atomic E-state index is -3.91. The second-order valence-corrected chi connectivity index (χ2v) is 7.42. The van der Waals surface area contributed by atoms with E-state index in [4.69, 9.17) is 5.73 Å². The van der Waals surface area contributed by atoms with Gasteiger partial charge in [0.2, 0.25) is 10.0 Å². The Morgan fingerprint density at radius 2 is 2.05 bits per heavy atom. The number of nitro groups is 1. The Bertz CT molecular complexity index is 784. The van der Waals surface area contributed by atoms with Gasteiger partial charge in [0.15, 0.2) is 0 Å². The van der Waals surface area contributed by atoms with Crippen molar-refractivity contribution in [1.82, 2.24) is 4.72 Å². The highest BCUT2D eigenvalue weighted by Gasteiger charge is 2.21. The Kier molecular flexibility index (Phi) is 4.26. The average molecular weight is 327 g/mol. The van der Waals surface area contributed by atoms with Crippen molar-refractivity contribution >= 4 is 32.7 Å². The summed E-state index contributed by atoms with van der Waals surface area (Å²) in [5, 5.41) is 10.7. The van der Waals surface area contributed by atoms with Crippen molar-refractivity contribution in [2.75, 3.05) is 5.73 Å². The lowest BCUT2D eigenvalue weighted by Crippen LogP contribution is -2.23. The number of thiophene rings is 1. The lowest BCUT2D eigenvalue weighted by atomic mass is 10.3. The van der Waals surface area contributed by atoms with Gasteiger partial charge < -0.3 is 5.73 Å². The largest absolute Gasteiger partial charge is 0.398 e. The number of nitrogen functional groups attached to an aromatic ring is 1. The van der Waals surface area contributed by atoms with Gasteiger partial charge in [-0.25, -0.2) is 13.1 Å². The van der Waals surface area contributed by atoms with E-state index >= 15 is 0 Å². The molecular formula is C12H13N3O4S2. The van der Waals surface area contributed by atoms with Gasteiger partial charge in [-0.1, -0.05) is 0 Å². The fourth-order valence-electron chi connectivity index (χ4n) is 1.69. The van der Waals surface area contributed by atoms with Crippen molar-refractivity contribution in [2.45, 2.75) is 18.4 Å². The van der Waals surface area contributed by atoms with Crippen LogP contribution in [0.1, 0.15) is 9.75 Å². The van der Waals surface area contributed by atoms with Crippen LogP contribution in [0.5, 0.6) is 0 Å². The first-order valence-electron chi connectivity index (χ1n) is 5.88. The topological polar surface area (TPSA) is 115 Å². The number of non-ortho nitro benzene ring substituents is 1. The van der Waals surface area contributed by atoms with Crippen molar-refractivity contribution in [3.05, 3.63) is 50.2 Å². The normalized spacial score (nSPS) is 11.5. The predicted molar refractivity (Wildman–Crippen MR) is 80.6 cm³/mol. The van der Waals surface area contributed by atoms with Crippen molar-refractivity contribution < 1.29 is 13.3 Å². The van der Waals surface area contributed by atoms with Gasteiger partial charge in [-0.3, -0.25) is 10.1 Å². The Hall–Kier alpha value is -1.97. The van der Waals surface area contributed by atoms with E-state index in [1.807, 2.05) is 19.1 Å². The Balaban J connectivity index is 2.26. The van der Waals surface area contributed by atoms with Crippen LogP contribution in [0.4, 0.5) is 11.4 Å². The average Bonchev–Trinajstić information content (AvgIpc) is 2.82. The van der Waals surface area contributed by atoms with Crippen LogP contribution in [0, 0.1) is 17.0 Å². The monoisotopic (exact) mass is 327 g/mol. The second kappa shape index (κ2) is 5.80. The van der Waals surface area contributed by atoms with Gasteiger partial charge in [0.05, 0.1) is 10.6 Å². The molecule has 9 heteroatoms. The Labute approximate surface area is 125 Å². The third kappa shape index (κ3) is 3.57. The molecule has 3 N–H and O–H groups in total. The van der Waals surface area contributed by atoms with E-state index in [1.54, 1.807) is 0 Å². The standard InChI is InChI=1S/C12H13N3O4S2/c1-8-2-4-10(20-8)7-14-21(18,19)12-6-9(15(16)17)3-5-11(12)13/h2-6,14H,7,13H2,1H3. The zero-order valence-corrected chi connectivity index (χ0v) is 12.7. The molecule has 1 aromatic carbocycles. The van der Waals surface area contributed by atoms with E-state index in [0.717, 1.165) is 21.9 Å². The van der Waals surface area contributed by atoms with E-state index in [0.29, 0.717) is 0 Å². The molecule has 7 nitrogen and oxygen atoms in total. The van der Waals surface area contributed by atoms with Gasteiger partial charge in [-0.15, -0.1) is 11.3 Å². The van der Waals surface area contributed by atoms with Crippen LogP contribution < -0.4 is 10.5 Å². The summed E-state index contributed by atoms with van der Waals surface area (Å²) >= 11 is 1.47. The van der Waals surface area contributed by atoms with E-state index in [-0.39, 0.29) is 22.8 Å². The number of hydrogen-bond acceptors (Lipinski definition) is 6. The molecule has 1 heterocycles. The molecule has 0 bridgehead atoms. The smallest absolute Gasteiger partial charge is 0.270 e. The van der Waals surface area contributed by atoms with Crippen molar-refractivity contribution in [2.24, 2.45) is 0 Å². The van der Waals surface area contributed by atoms with Gasteiger partial charge in [0.1, 0.15) is 4.90 Å². The zero-order chi connectivity index (χ0) is 15.6. The number of nitro benzene ring substituents is 1. The Morgan fingerprint density at radius 3 is 2.62 bits per heavy atom. The first kappa shape index (κ1) is 15.4. The summed E-state index contributed by atoms with van der Waals surface area (Å²) in [6, 6.07) is 7.03. The van der Waals surface area contributed by atoms with Crippen molar-refractivity contribution in [3.8, 4) is 0 Å². The Morgan fingerprint density at radius 1 is 1.33 bits per heavy atom. The maximum Gasteiger partial charge on any atom is 0.270 e. The van der Waals surface area contributed by atoms with Crippen LogP contribution in [0.25, 0.3) is 0 Å². The van der Waals surface area contributed by atoms with Gasteiger partial charge >= 0.3 is 0 Å². The maximum atomic E-state index is 12.2. The molecule has 21 heavy (non-hydrogen) atoms. The number of nitrogens with two attached hydrogens (primary N) is 1. The van der Waals surface area contributed by atoms with E-state index < -0.39 is 14.9 Å². The SMILES string of the molecule is Cc1ccc(CNS(=O)(=O)c2cc([N+](=O)[O-])ccc2N)s1. The highest BCUT2D eigenvalue weighted by molar-refractivity contribution is 7.89. The summed E-state index contributed by atoms with van der Waals surface area (Å²) in [6.45, 7) is 2.03. The number of sulfonamides is 1. The molecule has 0 aliphatic carbocycles. The summed E-state index contributed by atoms with van der Waals surface area (Å²) < 4.78 is 26.8. The summed E-state index contributed by atoms with van der Waals surface area (Å²) in [6.07, 6.45) is 0. The number of hydrogen-bond donors (Lipinski definition) is 2. The molecule has 1 aromatic heterocycles. The van der Waals surface area contributed by atoms with Crippen LogP contribution in [-0.2, 0) is 16.6 Å². The van der Waals surface area contributed by atoms with Crippen LogP contribution in [0.15, 0.2) is 35.2 Å². The number of rotatable bonds is 5. The number of anilines is 1. The molecule has 0 aliphatic heterocycles. The summed E-state index contributed by atoms with van der Waals surface area (Å²) in [7, 11) is -3.91. The third-order valence-corrected chi connectivity index (χ3v) is 5.19. The van der Waals surface area contributed by atoms with Gasteiger partial charge in [0.25, 0.3) is 5.69 Å². The highest BCUT2D eigenvalue weighted by atomic mass is 32.2. The molecule has 0 saturated heterocycles. The van der Waals surface area contributed by atoms with Crippen LogP contribution in [-0.4, -0.2) is 13.3 Å². The van der Waals surface area contributed by atoms with E-state index in [1.165, 1.54) is 17.4 Å². The van der Waals surface area contributed by atoms with E-state index in [9.17, 15) is 18.5 Å². The molecule has 2 rings (SSSR count). The molecule has 0 radical (unpaired) electrons. The molecule has 0 aliphatic rings. The minimum Gasteiger partial charge on any atom is -0.398 e. The summed E-state index contributed by atoms with van der Waals surface area (Å²) in [5.41, 5.74) is 5.26. The summed E-state index contributed by atoms with van der Waals surface area (Å²) in [5.74, 6) is 0. The molecule has 112 valence electrons. The van der Waals surface area contributed by atoms with Gasteiger partial charge in [-0.05, 0) is 25.1 Å². The molecule has 2 aromatic rings. The van der Waals surface area contributed by atoms with Crippen LogP contribution >= 0.6 is 11.3 Å². The van der Waals surface area contributed by atoms with Crippen molar-refractivity contribution in [3.63, 3.8) is 0 Å². The number of benzene rings is 1. The highest BCUT2D eigenvalue weighted by Crippen LogP contribution is 2.24. The van der Waals surface area contributed by atoms with Crippen LogP contribution in [0.3, 0.4) is 0 Å². The third-order valence-electron chi connectivity index (χ3n) is 2.73. The van der Waals surface area contributed by atoms with E-state index in [2.05, 4.69) is 4.72 Å². The molecule has 0 unspecified atom stereocenters.